The number of rotatable bonds is 10. The Hall–Kier alpha value is -2.07. The molecule has 1 aromatic heterocycles. The molecule has 0 saturated carbocycles. The van der Waals surface area contributed by atoms with Gasteiger partial charge in [0.25, 0.3) is 0 Å². The Morgan fingerprint density at radius 2 is 1.77 bits per heavy atom. The quantitative estimate of drug-likeness (QED) is 0.130. The average Bonchev–Trinajstić information content (AvgIpc) is 3.23. The Morgan fingerprint density at radius 1 is 1.03 bits per heavy atom. The van der Waals surface area contributed by atoms with Crippen LogP contribution in [0.25, 0.3) is 0 Å². The van der Waals surface area contributed by atoms with Crippen molar-refractivity contribution in [2.45, 2.75) is 38.3 Å². The molecule has 1 heterocycles. The number of nitrogens with one attached hydrogen (secondary N) is 2. The van der Waals surface area contributed by atoms with E-state index in [1.54, 1.807) is 6.33 Å². The highest BCUT2D eigenvalue weighted by Gasteiger charge is 2.04. The van der Waals surface area contributed by atoms with Crippen LogP contribution in [0, 0.1) is 6.92 Å². The van der Waals surface area contributed by atoms with E-state index in [2.05, 4.69) is 87.8 Å². The van der Waals surface area contributed by atoms with E-state index >= 15 is 0 Å². The molecule has 0 fully saturated rings. The van der Waals surface area contributed by atoms with Gasteiger partial charge in [0, 0.05) is 36.7 Å². The molecule has 0 amide bonds. The van der Waals surface area contributed by atoms with E-state index in [9.17, 15) is 0 Å². The van der Waals surface area contributed by atoms with Crippen LogP contribution in [0.1, 0.15) is 23.9 Å². The van der Waals surface area contributed by atoms with Gasteiger partial charge in [-0.1, -0.05) is 49.4 Å². The lowest BCUT2D eigenvalue weighted by Crippen LogP contribution is -2.40. The summed E-state index contributed by atoms with van der Waals surface area (Å²) in [5, 5.41) is 15.1. The molecule has 0 spiro atoms. The van der Waals surface area contributed by atoms with Crippen molar-refractivity contribution >= 4 is 41.7 Å². The molecule has 0 bridgehead atoms. The van der Waals surface area contributed by atoms with Gasteiger partial charge in [-0.15, -0.1) is 45.9 Å². The maximum absolute atomic E-state index is 4.81. The largest absolute Gasteiger partial charge is 0.356 e. The third kappa shape index (κ3) is 8.53. The van der Waals surface area contributed by atoms with Crippen molar-refractivity contribution in [3.8, 4) is 0 Å². The molecule has 0 saturated heterocycles. The van der Waals surface area contributed by atoms with Gasteiger partial charge in [0.2, 0.25) is 0 Å². The molecule has 0 aliphatic heterocycles. The lowest BCUT2D eigenvalue weighted by atomic mass is 10.1. The van der Waals surface area contributed by atoms with Crippen molar-refractivity contribution in [3.05, 3.63) is 77.9 Å². The van der Waals surface area contributed by atoms with E-state index < -0.39 is 0 Å². The molecule has 8 heteroatoms. The van der Waals surface area contributed by atoms with Gasteiger partial charge >= 0.3 is 0 Å². The van der Waals surface area contributed by atoms with Crippen LogP contribution in [0.15, 0.2) is 70.8 Å². The average molecular weight is 551 g/mol. The van der Waals surface area contributed by atoms with Crippen LogP contribution in [0.2, 0.25) is 0 Å². The maximum atomic E-state index is 4.81. The minimum absolute atomic E-state index is 0. The van der Waals surface area contributed by atoms with Crippen molar-refractivity contribution < 1.29 is 0 Å². The summed E-state index contributed by atoms with van der Waals surface area (Å²) < 4.78 is 2.08. The van der Waals surface area contributed by atoms with Crippen molar-refractivity contribution in [2.24, 2.45) is 4.99 Å². The van der Waals surface area contributed by atoms with Crippen LogP contribution in [0.4, 0.5) is 0 Å². The zero-order valence-electron chi connectivity index (χ0n) is 18.1. The number of aryl methyl sites for hydroxylation is 2. The second-order valence-electron chi connectivity index (χ2n) is 6.90. The molecule has 6 nitrogen and oxygen atoms in total. The molecule has 3 aromatic rings. The molecule has 2 aromatic carbocycles. The lowest BCUT2D eigenvalue weighted by Gasteiger charge is -2.14. The number of hydrogen-bond donors (Lipinski definition) is 2. The molecule has 2 N–H and O–H groups in total. The second kappa shape index (κ2) is 14.1. The molecular weight excluding hydrogens is 519 g/mol. The molecule has 0 aliphatic carbocycles. The molecular formula is C23H31IN6S. The zero-order chi connectivity index (χ0) is 21.0. The molecule has 0 unspecified atom stereocenters. The topological polar surface area (TPSA) is 67.1 Å². The standard InChI is InChI=1S/C23H30N6S.HI/c1-3-22-28-27-18-29(22)15-13-24-23(26-17-20-10-8-7-9-19(20)2)25-14-16-30-21-11-5-4-6-12-21;/h4-12,18H,3,13-17H2,1-2H3,(H2,24,25,26);1H. The van der Waals surface area contributed by atoms with Crippen LogP contribution in [-0.4, -0.2) is 39.6 Å². The van der Waals surface area contributed by atoms with Gasteiger partial charge in [0.05, 0.1) is 6.54 Å². The third-order valence-corrected chi connectivity index (χ3v) is 5.75. The molecule has 31 heavy (non-hydrogen) atoms. The number of guanidine groups is 1. The molecule has 166 valence electrons. The first kappa shape index (κ1) is 25.2. The van der Waals surface area contributed by atoms with E-state index in [-0.39, 0.29) is 24.0 Å². The molecule has 3 rings (SSSR count). The van der Waals surface area contributed by atoms with E-state index in [1.807, 2.05) is 17.8 Å². The summed E-state index contributed by atoms with van der Waals surface area (Å²) in [6, 6.07) is 18.8. The predicted molar refractivity (Wildman–Crippen MR) is 140 cm³/mol. The summed E-state index contributed by atoms with van der Waals surface area (Å²) in [6.45, 7) is 7.28. The number of hydrogen-bond acceptors (Lipinski definition) is 4. The summed E-state index contributed by atoms with van der Waals surface area (Å²) >= 11 is 1.84. The summed E-state index contributed by atoms with van der Waals surface area (Å²) in [6.07, 6.45) is 2.66. The van der Waals surface area contributed by atoms with E-state index in [0.717, 1.165) is 43.6 Å². The normalized spacial score (nSPS) is 11.1. The molecule has 0 aliphatic rings. The number of aromatic nitrogens is 3. The van der Waals surface area contributed by atoms with Gasteiger partial charge in [-0.05, 0) is 30.2 Å². The SMILES string of the molecule is CCc1nncn1CCNC(=NCc1ccccc1C)NCCSc1ccccc1.I. The van der Waals surface area contributed by atoms with Gasteiger partial charge in [0.1, 0.15) is 12.2 Å². The van der Waals surface area contributed by atoms with Crippen LogP contribution in [-0.2, 0) is 19.5 Å². The highest BCUT2D eigenvalue weighted by molar-refractivity contribution is 14.0. The summed E-state index contributed by atoms with van der Waals surface area (Å²) in [4.78, 5) is 6.09. The first-order chi connectivity index (χ1) is 14.8. The first-order valence-corrected chi connectivity index (χ1v) is 11.4. The Labute approximate surface area is 206 Å². The fourth-order valence-corrected chi connectivity index (χ4v) is 3.80. The van der Waals surface area contributed by atoms with Gasteiger partial charge in [-0.2, -0.15) is 0 Å². The van der Waals surface area contributed by atoms with Crippen molar-refractivity contribution in [1.29, 1.82) is 0 Å². The predicted octanol–water partition coefficient (Wildman–Crippen LogP) is 4.29. The zero-order valence-corrected chi connectivity index (χ0v) is 21.3. The third-order valence-electron chi connectivity index (χ3n) is 4.73. The monoisotopic (exact) mass is 550 g/mol. The number of nitrogens with zero attached hydrogens (tertiary/aromatic N) is 4. The van der Waals surface area contributed by atoms with Gasteiger partial charge in [-0.3, -0.25) is 0 Å². The lowest BCUT2D eigenvalue weighted by molar-refractivity contribution is 0.633. The summed E-state index contributed by atoms with van der Waals surface area (Å²) in [7, 11) is 0. The Morgan fingerprint density at radius 3 is 2.55 bits per heavy atom. The van der Waals surface area contributed by atoms with E-state index in [1.165, 1.54) is 16.0 Å². The van der Waals surface area contributed by atoms with Crippen LogP contribution in [0.3, 0.4) is 0 Å². The Bertz CT molecular complexity index is 929. The maximum Gasteiger partial charge on any atom is 0.191 e. The van der Waals surface area contributed by atoms with Gasteiger partial charge in [-0.25, -0.2) is 4.99 Å². The van der Waals surface area contributed by atoms with Crippen molar-refractivity contribution in [3.63, 3.8) is 0 Å². The summed E-state index contributed by atoms with van der Waals surface area (Å²) in [5.74, 6) is 2.81. The number of thioether (sulfide) groups is 1. The highest BCUT2D eigenvalue weighted by Crippen LogP contribution is 2.15. The van der Waals surface area contributed by atoms with Gasteiger partial charge < -0.3 is 15.2 Å². The van der Waals surface area contributed by atoms with E-state index in [4.69, 9.17) is 4.99 Å². The smallest absolute Gasteiger partial charge is 0.191 e. The fourth-order valence-electron chi connectivity index (χ4n) is 3.02. The second-order valence-corrected chi connectivity index (χ2v) is 8.07. The Balaban J connectivity index is 0.00000341. The van der Waals surface area contributed by atoms with E-state index in [0.29, 0.717) is 6.54 Å². The van der Waals surface area contributed by atoms with Crippen molar-refractivity contribution in [1.82, 2.24) is 25.4 Å². The van der Waals surface area contributed by atoms with Crippen LogP contribution in [0.5, 0.6) is 0 Å². The number of benzene rings is 2. The summed E-state index contributed by atoms with van der Waals surface area (Å²) in [5.41, 5.74) is 2.50. The minimum atomic E-state index is 0. The highest BCUT2D eigenvalue weighted by atomic mass is 127. The van der Waals surface area contributed by atoms with Crippen molar-refractivity contribution in [2.75, 3.05) is 18.8 Å². The Kier molecular flexibility index (Phi) is 11.4. The van der Waals surface area contributed by atoms with Gasteiger partial charge in [0.15, 0.2) is 5.96 Å². The number of halogens is 1. The van der Waals surface area contributed by atoms with Crippen LogP contribution >= 0.6 is 35.7 Å². The first-order valence-electron chi connectivity index (χ1n) is 10.4. The molecule has 0 radical (unpaired) electrons. The van der Waals surface area contributed by atoms with Crippen LogP contribution < -0.4 is 10.6 Å². The fraction of sp³-hybridized carbons (Fsp3) is 0.348. The minimum Gasteiger partial charge on any atom is -0.356 e. The number of aliphatic imine (C=N–C) groups is 1. The molecule has 0 atom stereocenters.